The second-order valence-corrected chi connectivity index (χ2v) is 21.9. The van der Waals surface area contributed by atoms with Crippen molar-refractivity contribution in [2.24, 2.45) is 0 Å². The van der Waals surface area contributed by atoms with Gasteiger partial charge in [0.25, 0.3) is 0 Å². The Morgan fingerprint density at radius 2 is 0.877 bits per heavy atom. The van der Waals surface area contributed by atoms with E-state index in [0.717, 1.165) is 96.6 Å². The van der Waals surface area contributed by atoms with Crippen molar-refractivity contribution < 1.29 is 28.5 Å². The van der Waals surface area contributed by atoms with Crippen LogP contribution in [0.5, 0.6) is 0 Å². The fourth-order valence-electron chi connectivity index (χ4n) is 9.96. The van der Waals surface area contributed by atoms with Crippen LogP contribution in [0, 0.1) is 11.8 Å². The van der Waals surface area contributed by atoms with E-state index >= 15 is 0 Å². The van der Waals surface area contributed by atoms with E-state index in [1.807, 2.05) is 0 Å². The van der Waals surface area contributed by atoms with E-state index in [1.54, 1.807) is 0 Å². The molecular formula is C66H123NO6. The molecule has 1 rings (SSSR count). The van der Waals surface area contributed by atoms with Crippen LogP contribution in [0.2, 0.25) is 0 Å². The minimum absolute atomic E-state index is 0.0215. The Hall–Kier alpha value is -1.69. The van der Waals surface area contributed by atoms with Crippen LogP contribution in [-0.2, 0) is 28.5 Å². The molecule has 0 bridgehead atoms. The van der Waals surface area contributed by atoms with Gasteiger partial charge in [-0.05, 0) is 129 Å². The highest BCUT2D eigenvalue weighted by atomic mass is 16.7. The van der Waals surface area contributed by atoms with Crippen LogP contribution in [0.15, 0.2) is 24.3 Å². The number of piperidine rings is 1. The van der Waals surface area contributed by atoms with E-state index in [2.05, 4.69) is 68.7 Å². The Balaban J connectivity index is 2.46. The number of ether oxygens (including phenoxy) is 5. The predicted molar refractivity (Wildman–Crippen MR) is 314 cm³/mol. The van der Waals surface area contributed by atoms with Crippen LogP contribution in [0.3, 0.4) is 0 Å². The van der Waals surface area contributed by atoms with Crippen LogP contribution in [0.25, 0.3) is 0 Å². The maximum atomic E-state index is 13.1. The molecule has 0 aromatic heterocycles. The molecule has 0 aromatic rings. The molecule has 1 saturated heterocycles. The molecule has 73 heavy (non-hydrogen) atoms. The molecule has 1 aliphatic heterocycles. The van der Waals surface area contributed by atoms with Crippen LogP contribution in [-0.4, -0.2) is 75.6 Å². The Bertz CT molecular complexity index is 1240. The summed E-state index contributed by atoms with van der Waals surface area (Å²) in [5, 5.41) is 0. The molecule has 1 fully saturated rings. The molecule has 0 aliphatic carbocycles. The van der Waals surface area contributed by atoms with Gasteiger partial charge in [0, 0.05) is 19.4 Å². The molecule has 0 N–H and O–H groups in total. The molecule has 7 nitrogen and oxygen atoms in total. The van der Waals surface area contributed by atoms with Crippen molar-refractivity contribution in [1.29, 1.82) is 0 Å². The molecule has 0 amide bonds. The van der Waals surface area contributed by atoms with Crippen molar-refractivity contribution in [1.82, 2.24) is 4.90 Å². The fourth-order valence-corrected chi connectivity index (χ4v) is 9.96. The van der Waals surface area contributed by atoms with Crippen LogP contribution in [0.1, 0.15) is 317 Å². The first-order chi connectivity index (χ1) is 36.1. The summed E-state index contributed by atoms with van der Waals surface area (Å²) in [6.45, 7) is 15.0. The van der Waals surface area contributed by atoms with Gasteiger partial charge in [0.1, 0.15) is 12.7 Å². The number of hydrogen-bond acceptors (Lipinski definition) is 7. The summed E-state index contributed by atoms with van der Waals surface area (Å²) in [4.78, 5) is 15.6. The lowest BCUT2D eigenvalue weighted by Crippen LogP contribution is -2.31. The normalized spacial score (nSPS) is 14.5. The monoisotopic (exact) mass is 1030 g/mol. The summed E-state index contributed by atoms with van der Waals surface area (Å²) in [5.74, 6) is 6.56. The van der Waals surface area contributed by atoms with Gasteiger partial charge in [-0.2, -0.15) is 0 Å². The first kappa shape index (κ1) is 69.3. The van der Waals surface area contributed by atoms with Crippen molar-refractivity contribution in [3.8, 4) is 11.8 Å². The Morgan fingerprint density at radius 1 is 0.438 bits per heavy atom. The molecule has 0 radical (unpaired) electrons. The highest BCUT2D eigenvalue weighted by Crippen LogP contribution is 2.20. The number of likely N-dealkylation sites (tertiary alicyclic amines) is 1. The standard InChI is InChI=1S/C66H123NO6/c1-5-9-13-17-27-35-46-59-69-65(70-60-47-36-28-18-14-10-6-2)54-42-33-25-21-23-31-40-51-63(73-64(68)53-50-58-67-56-44-39-45-57-67)52-41-32-24-22-26-34-43-55-66(71-61-48-37-29-19-15-11-7-3)72-62-49-38-30-20-16-12-8-4/h35,37,46,48,63,65-66H,5-34,36,39-45,47,50-62H2,1-4H3/b46-35-,48-37-. The largest absolute Gasteiger partial charge is 0.462 e. The van der Waals surface area contributed by atoms with E-state index in [0.29, 0.717) is 26.2 Å². The number of carbonyl (C=O) groups is 1. The minimum atomic E-state index is -0.181. The summed E-state index contributed by atoms with van der Waals surface area (Å²) in [7, 11) is 0. The lowest BCUT2D eigenvalue weighted by atomic mass is 10.0. The second kappa shape index (κ2) is 58.0. The molecular weight excluding hydrogens is 903 g/mol. The van der Waals surface area contributed by atoms with E-state index in [4.69, 9.17) is 23.7 Å². The zero-order valence-corrected chi connectivity index (χ0v) is 49.2. The SMILES string of the molecule is CCCCCCC#CCOC(CCCCCCCCCC(CCCCCCCCCC(OC/C=C\CCCCCC)OCCCCCCCCC)OC(=O)CCCN1CCCCC1)OC/C=C\CCCCCC. The number of esters is 1. The van der Waals surface area contributed by atoms with Gasteiger partial charge >= 0.3 is 5.97 Å². The lowest BCUT2D eigenvalue weighted by molar-refractivity contribution is -0.150. The van der Waals surface area contributed by atoms with Gasteiger partial charge in [-0.25, -0.2) is 0 Å². The van der Waals surface area contributed by atoms with Gasteiger partial charge < -0.3 is 28.6 Å². The summed E-state index contributed by atoms with van der Waals surface area (Å²) >= 11 is 0. The predicted octanol–water partition coefficient (Wildman–Crippen LogP) is 19.7. The zero-order valence-electron chi connectivity index (χ0n) is 49.2. The minimum Gasteiger partial charge on any atom is -0.462 e. The van der Waals surface area contributed by atoms with Crippen molar-refractivity contribution in [2.45, 2.75) is 335 Å². The second-order valence-electron chi connectivity index (χ2n) is 21.9. The zero-order chi connectivity index (χ0) is 52.4. The summed E-state index contributed by atoms with van der Waals surface area (Å²) in [6.07, 6.45) is 62.9. The Kier molecular flexibility index (Phi) is 55.1. The third kappa shape index (κ3) is 50.9. The molecule has 1 aliphatic rings. The highest BCUT2D eigenvalue weighted by Gasteiger charge is 2.16. The highest BCUT2D eigenvalue weighted by molar-refractivity contribution is 5.69. The number of nitrogens with zero attached hydrogens (tertiary/aromatic N) is 1. The van der Waals surface area contributed by atoms with Gasteiger partial charge in [-0.15, -0.1) is 5.92 Å². The van der Waals surface area contributed by atoms with Gasteiger partial charge in [0.2, 0.25) is 0 Å². The first-order valence-electron chi connectivity index (χ1n) is 32.3. The maximum absolute atomic E-state index is 13.1. The van der Waals surface area contributed by atoms with Crippen molar-refractivity contribution in [2.75, 3.05) is 46.1 Å². The van der Waals surface area contributed by atoms with Gasteiger partial charge in [0.15, 0.2) is 12.6 Å². The number of unbranched alkanes of at least 4 members (excludes halogenated alkanes) is 30. The third-order valence-electron chi connectivity index (χ3n) is 14.7. The quantitative estimate of drug-likeness (QED) is 0.0198. The molecule has 3 unspecified atom stereocenters. The van der Waals surface area contributed by atoms with Crippen molar-refractivity contribution >= 4 is 5.97 Å². The topological polar surface area (TPSA) is 66.5 Å². The van der Waals surface area contributed by atoms with Crippen LogP contribution < -0.4 is 0 Å². The van der Waals surface area contributed by atoms with Crippen LogP contribution in [0.4, 0.5) is 0 Å². The molecule has 428 valence electrons. The smallest absolute Gasteiger partial charge is 0.306 e. The summed E-state index contributed by atoms with van der Waals surface area (Å²) in [6, 6.07) is 0. The van der Waals surface area contributed by atoms with Crippen LogP contribution >= 0.6 is 0 Å². The molecule has 7 heteroatoms. The summed E-state index contributed by atoms with van der Waals surface area (Å²) in [5.41, 5.74) is 0. The number of allylic oxidation sites excluding steroid dienone is 2. The average molecular weight is 1030 g/mol. The van der Waals surface area contributed by atoms with Gasteiger partial charge in [0.05, 0.1) is 13.2 Å². The first-order valence-corrected chi connectivity index (χ1v) is 32.3. The number of hydrogen-bond donors (Lipinski definition) is 0. The molecule has 1 heterocycles. The number of rotatable bonds is 56. The van der Waals surface area contributed by atoms with E-state index in [-0.39, 0.29) is 24.7 Å². The fraction of sp³-hybridized carbons (Fsp3) is 0.894. The third-order valence-corrected chi connectivity index (χ3v) is 14.7. The van der Waals surface area contributed by atoms with Crippen molar-refractivity contribution in [3.05, 3.63) is 24.3 Å². The summed E-state index contributed by atoms with van der Waals surface area (Å²) < 4.78 is 31.1. The lowest BCUT2D eigenvalue weighted by Gasteiger charge is -2.26. The molecule has 0 spiro atoms. The molecule has 0 aromatic carbocycles. The van der Waals surface area contributed by atoms with Gasteiger partial charge in [-0.1, -0.05) is 225 Å². The Labute approximate surface area is 455 Å². The van der Waals surface area contributed by atoms with Crippen molar-refractivity contribution in [3.63, 3.8) is 0 Å². The van der Waals surface area contributed by atoms with E-state index < -0.39 is 0 Å². The molecule has 3 atom stereocenters. The van der Waals surface area contributed by atoms with Gasteiger partial charge in [-0.3, -0.25) is 4.79 Å². The van der Waals surface area contributed by atoms with E-state index in [1.165, 1.54) is 212 Å². The molecule has 0 saturated carbocycles. The Morgan fingerprint density at radius 3 is 1.40 bits per heavy atom. The number of carbonyl (C=O) groups excluding carboxylic acids is 1. The average Bonchev–Trinajstić information content (AvgIpc) is 3.40. The van der Waals surface area contributed by atoms with E-state index in [9.17, 15) is 4.79 Å². The maximum Gasteiger partial charge on any atom is 0.306 e.